The molecule has 1 saturated heterocycles. The summed E-state index contributed by atoms with van der Waals surface area (Å²) in [4.78, 5) is 13.7. The predicted octanol–water partition coefficient (Wildman–Crippen LogP) is 2.81. The maximum absolute atomic E-state index is 12.4. The number of rotatable bonds is 5. The monoisotopic (exact) mass is 358 g/mol. The third-order valence-electron chi connectivity index (χ3n) is 4.59. The molecule has 0 atom stereocenters. The third kappa shape index (κ3) is 4.78. The van der Waals surface area contributed by atoms with Gasteiger partial charge in [-0.2, -0.15) is 13.2 Å². The second-order valence-corrected chi connectivity index (χ2v) is 6.42. The molecule has 2 heterocycles. The summed E-state index contributed by atoms with van der Waals surface area (Å²) in [6, 6.07) is 5.16. The van der Waals surface area contributed by atoms with E-state index in [2.05, 4.69) is 5.32 Å². The van der Waals surface area contributed by atoms with Gasteiger partial charge in [0, 0.05) is 6.54 Å². The minimum absolute atomic E-state index is 0.107. The summed E-state index contributed by atoms with van der Waals surface area (Å²) in [7, 11) is 0. The number of hydrogen-bond acceptors (Lipinski definition) is 4. The number of likely N-dealkylation sites (tertiary alicyclic amines) is 1. The van der Waals surface area contributed by atoms with E-state index in [1.165, 1.54) is 4.90 Å². The van der Waals surface area contributed by atoms with Crippen LogP contribution in [0.4, 0.5) is 13.2 Å². The van der Waals surface area contributed by atoms with E-state index in [9.17, 15) is 18.0 Å². The molecule has 1 aromatic rings. The lowest BCUT2D eigenvalue weighted by Crippen LogP contribution is -2.40. The molecule has 0 unspecified atom stereocenters. The van der Waals surface area contributed by atoms with Crippen molar-refractivity contribution in [3.8, 4) is 11.5 Å². The average molecular weight is 358 g/mol. The fourth-order valence-electron chi connectivity index (χ4n) is 3.28. The SMILES string of the molecule is O=C(NCCC1CCN(CC(F)(F)F)CC1)c1cccc2c1OCO2. The third-order valence-corrected chi connectivity index (χ3v) is 4.59. The van der Waals surface area contributed by atoms with Crippen LogP contribution < -0.4 is 14.8 Å². The molecule has 1 aromatic carbocycles. The van der Waals surface area contributed by atoms with Crippen molar-refractivity contribution in [1.29, 1.82) is 0 Å². The number of carbonyl (C=O) groups excluding carboxylic acids is 1. The van der Waals surface area contributed by atoms with Crippen molar-refractivity contribution >= 4 is 5.91 Å². The second kappa shape index (κ2) is 7.51. The van der Waals surface area contributed by atoms with Crippen molar-refractivity contribution in [2.24, 2.45) is 5.92 Å². The molecule has 2 aliphatic rings. The van der Waals surface area contributed by atoms with Gasteiger partial charge in [-0.25, -0.2) is 0 Å². The minimum atomic E-state index is -4.14. The van der Waals surface area contributed by atoms with Gasteiger partial charge in [-0.3, -0.25) is 9.69 Å². The first-order chi connectivity index (χ1) is 11.9. The molecule has 0 bridgehead atoms. The number of hydrogen-bond donors (Lipinski definition) is 1. The Balaban J connectivity index is 1.41. The molecule has 1 fully saturated rings. The van der Waals surface area contributed by atoms with Gasteiger partial charge < -0.3 is 14.8 Å². The Morgan fingerprint density at radius 1 is 1.24 bits per heavy atom. The van der Waals surface area contributed by atoms with E-state index in [0.29, 0.717) is 42.6 Å². The Bertz CT molecular complexity index is 614. The topological polar surface area (TPSA) is 50.8 Å². The van der Waals surface area contributed by atoms with Gasteiger partial charge in [-0.15, -0.1) is 0 Å². The molecule has 5 nitrogen and oxygen atoms in total. The van der Waals surface area contributed by atoms with Gasteiger partial charge in [-0.05, 0) is 50.4 Å². The number of ether oxygens (including phenoxy) is 2. The van der Waals surface area contributed by atoms with E-state index in [-0.39, 0.29) is 12.7 Å². The summed E-state index contributed by atoms with van der Waals surface area (Å²) in [6.07, 6.45) is -1.92. The fourth-order valence-corrected chi connectivity index (χ4v) is 3.28. The zero-order valence-corrected chi connectivity index (χ0v) is 13.8. The molecule has 0 saturated carbocycles. The normalized spacial score (nSPS) is 18.4. The van der Waals surface area contributed by atoms with Crippen molar-refractivity contribution < 1.29 is 27.4 Å². The van der Waals surface area contributed by atoms with Crippen LogP contribution in [0.25, 0.3) is 0 Å². The van der Waals surface area contributed by atoms with Crippen LogP contribution in [0.3, 0.4) is 0 Å². The molecular weight excluding hydrogens is 337 g/mol. The van der Waals surface area contributed by atoms with E-state index < -0.39 is 12.7 Å². The number of benzene rings is 1. The summed E-state index contributed by atoms with van der Waals surface area (Å²) >= 11 is 0. The van der Waals surface area contributed by atoms with Crippen LogP contribution >= 0.6 is 0 Å². The van der Waals surface area contributed by atoms with Gasteiger partial charge in [0.1, 0.15) is 0 Å². The number of amides is 1. The molecule has 3 rings (SSSR count). The second-order valence-electron chi connectivity index (χ2n) is 6.42. The van der Waals surface area contributed by atoms with Crippen LogP contribution in [0, 0.1) is 5.92 Å². The Labute approximate surface area is 144 Å². The minimum Gasteiger partial charge on any atom is -0.454 e. The van der Waals surface area contributed by atoms with E-state index in [1.807, 2.05) is 0 Å². The largest absolute Gasteiger partial charge is 0.454 e. The van der Waals surface area contributed by atoms with E-state index >= 15 is 0 Å². The number of carbonyl (C=O) groups is 1. The smallest absolute Gasteiger partial charge is 0.401 e. The predicted molar refractivity (Wildman–Crippen MR) is 84.7 cm³/mol. The summed E-state index contributed by atoms with van der Waals surface area (Å²) in [5.41, 5.74) is 0.440. The lowest BCUT2D eigenvalue weighted by molar-refractivity contribution is -0.148. The number of para-hydroxylation sites is 1. The van der Waals surface area contributed by atoms with Crippen LogP contribution in [0.2, 0.25) is 0 Å². The molecule has 8 heteroatoms. The lowest BCUT2D eigenvalue weighted by atomic mass is 9.93. The first-order valence-corrected chi connectivity index (χ1v) is 8.38. The van der Waals surface area contributed by atoms with Crippen molar-refractivity contribution in [3.05, 3.63) is 23.8 Å². The maximum atomic E-state index is 12.4. The Hall–Kier alpha value is -1.96. The first-order valence-electron chi connectivity index (χ1n) is 8.38. The van der Waals surface area contributed by atoms with Gasteiger partial charge in [-0.1, -0.05) is 6.07 Å². The summed E-state index contributed by atoms with van der Waals surface area (Å²) in [6.45, 7) is 0.673. The lowest BCUT2D eigenvalue weighted by Gasteiger charge is -2.32. The van der Waals surface area contributed by atoms with Crippen LogP contribution in [0.5, 0.6) is 11.5 Å². The molecule has 138 valence electrons. The number of piperidine rings is 1. The van der Waals surface area contributed by atoms with Crippen molar-refractivity contribution in [2.45, 2.75) is 25.4 Å². The number of fused-ring (bicyclic) bond motifs is 1. The molecule has 0 aromatic heterocycles. The first kappa shape index (κ1) is 17.8. The average Bonchev–Trinajstić information content (AvgIpc) is 3.03. The molecule has 0 spiro atoms. The molecular formula is C17H21F3N2O3. The summed E-state index contributed by atoms with van der Waals surface area (Å²) in [5.74, 6) is 1.13. The van der Waals surface area contributed by atoms with Crippen LogP contribution in [-0.2, 0) is 0 Å². The molecule has 1 N–H and O–H groups in total. The molecule has 2 aliphatic heterocycles. The van der Waals surface area contributed by atoms with Gasteiger partial charge >= 0.3 is 6.18 Å². The van der Waals surface area contributed by atoms with Crippen LogP contribution in [0.1, 0.15) is 29.6 Å². The van der Waals surface area contributed by atoms with Gasteiger partial charge in [0.2, 0.25) is 6.79 Å². The van der Waals surface area contributed by atoms with Crippen LogP contribution in [-0.4, -0.2) is 50.0 Å². The van der Waals surface area contributed by atoms with E-state index in [1.54, 1.807) is 18.2 Å². The summed E-state index contributed by atoms with van der Waals surface area (Å²) < 4.78 is 47.7. The number of nitrogens with one attached hydrogen (secondary N) is 1. The van der Waals surface area contributed by atoms with Gasteiger partial charge in [0.15, 0.2) is 11.5 Å². The standard InChI is InChI=1S/C17H21F3N2O3/c18-17(19,20)10-22-8-5-12(6-9-22)4-7-21-16(23)13-2-1-3-14-15(13)25-11-24-14/h1-3,12H,4-11H2,(H,21,23). The van der Waals surface area contributed by atoms with Gasteiger partial charge in [0.05, 0.1) is 12.1 Å². The molecule has 0 radical (unpaired) electrons. The van der Waals surface area contributed by atoms with Crippen molar-refractivity contribution in [1.82, 2.24) is 10.2 Å². The number of alkyl halides is 3. The Morgan fingerprint density at radius 3 is 2.72 bits per heavy atom. The molecule has 1 amide bonds. The Morgan fingerprint density at radius 2 is 2.00 bits per heavy atom. The fraction of sp³-hybridized carbons (Fsp3) is 0.588. The van der Waals surface area contributed by atoms with Gasteiger partial charge in [0.25, 0.3) is 5.91 Å². The summed E-state index contributed by atoms with van der Waals surface area (Å²) in [5, 5.41) is 2.86. The highest BCUT2D eigenvalue weighted by Crippen LogP contribution is 2.35. The van der Waals surface area contributed by atoms with Crippen molar-refractivity contribution in [2.75, 3.05) is 33.0 Å². The maximum Gasteiger partial charge on any atom is 0.401 e. The highest BCUT2D eigenvalue weighted by Gasteiger charge is 2.32. The Kier molecular flexibility index (Phi) is 5.36. The number of nitrogens with zero attached hydrogens (tertiary/aromatic N) is 1. The highest BCUT2D eigenvalue weighted by molar-refractivity contribution is 5.97. The zero-order chi connectivity index (χ0) is 17.9. The number of halogens is 3. The quantitative estimate of drug-likeness (QED) is 0.879. The highest BCUT2D eigenvalue weighted by atomic mass is 19.4. The molecule has 25 heavy (non-hydrogen) atoms. The van der Waals surface area contributed by atoms with Crippen molar-refractivity contribution in [3.63, 3.8) is 0 Å². The molecule has 0 aliphatic carbocycles. The van der Waals surface area contributed by atoms with E-state index in [0.717, 1.165) is 19.3 Å². The van der Waals surface area contributed by atoms with E-state index in [4.69, 9.17) is 9.47 Å². The van der Waals surface area contributed by atoms with Crippen LogP contribution in [0.15, 0.2) is 18.2 Å². The zero-order valence-electron chi connectivity index (χ0n) is 13.8.